The molecule has 0 radical (unpaired) electrons. The van der Waals surface area contributed by atoms with Crippen LogP contribution in [0.5, 0.6) is 0 Å². The summed E-state index contributed by atoms with van der Waals surface area (Å²) in [4.78, 5) is 13.8. The van der Waals surface area contributed by atoms with Gasteiger partial charge in [0.05, 0.1) is 19.1 Å². The zero-order valence-electron chi connectivity index (χ0n) is 18.6. The lowest BCUT2D eigenvalue weighted by molar-refractivity contribution is -0.141. The number of methoxy groups -OCH3 is 1. The highest BCUT2D eigenvalue weighted by molar-refractivity contribution is 9.11. The van der Waals surface area contributed by atoms with E-state index in [2.05, 4.69) is 40.2 Å². The molecule has 0 N–H and O–H groups in total. The fraction of sp³-hybridized carbons (Fsp3) is 0.423. The van der Waals surface area contributed by atoms with E-state index in [1.54, 1.807) is 0 Å². The molecule has 0 unspecified atom stereocenters. The van der Waals surface area contributed by atoms with Crippen molar-refractivity contribution in [3.8, 4) is 0 Å². The molecule has 2 aromatic rings. The predicted octanol–water partition coefficient (Wildman–Crippen LogP) is 6.39. The van der Waals surface area contributed by atoms with Gasteiger partial charge in [-0.15, -0.1) is 0 Å². The summed E-state index contributed by atoms with van der Waals surface area (Å²) in [6.07, 6.45) is -1.13. The first kappa shape index (κ1) is 24.0. The quantitative estimate of drug-likeness (QED) is 0.412. The lowest BCUT2D eigenvalue weighted by Crippen LogP contribution is -2.48. The Hall–Kier alpha value is -2.12. The highest BCUT2D eigenvalue weighted by Crippen LogP contribution is 2.38. The molecule has 1 fully saturated rings. The number of benzene rings is 2. The lowest BCUT2D eigenvalue weighted by Gasteiger charge is -2.39. The molecule has 1 aliphatic carbocycles. The van der Waals surface area contributed by atoms with E-state index >= 15 is 0 Å². The van der Waals surface area contributed by atoms with E-state index in [1.807, 2.05) is 23.1 Å². The first-order valence-corrected chi connectivity index (χ1v) is 12.0. The third-order valence-electron chi connectivity index (χ3n) is 6.42. The highest BCUT2D eigenvalue weighted by Gasteiger charge is 2.32. The molecule has 0 amide bonds. The van der Waals surface area contributed by atoms with Gasteiger partial charge in [0.25, 0.3) is 0 Å². The molecule has 3 nitrogen and oxygen atoms in total. The van der Waals surface area contributed by atoms with Gasteiger partial charge in [-0.25, -0.2) is 4.79 Å². The molecule has 0 spiro atoms. The van der Waals surface area contributed by atoms with Crippen LogP contribution in [0.4, 0.5) is 13.2 Å². The smallest absolute Gasteiger partial charge is 0.390 e. The van der Waals surface area contributed by atoms with Crippen LogP contribution in [0.15, 0.2) is 46.9 Å². The van der Waals surface area contributed by atoms with Crippen LogP contribution in [-0.2, 0) is 17.6 Å². The Balaban J connectivity index is 1.45. The van der Waals surface area contributed by atoms with Crippen molar-refractivity contribution in [2.24, 2.45) is 5.92 Å². The van der Waals surface area contributed by atoms with Gasteiger partial charge in [0.2, 0.25) is 0 Å². The summed E-state index contributed by atoms with van der Waals surface area (Å²) < 4.78 is 43.1. The Labute approximate surface area is 200 Å². The van der Waals surface area contributed by atoms with Gasteiger partial charge in [-0.05, 0) is 71.6 Å². The van der Waals surface area contributed by atoms with Gasteiger partial charge in [-0.2, -0.15) is 13.2 Å². The maximum absolute atomic E-state index is 12.4. The SMILES string of the molecule is COC(=O)c1ccc2c(c1)CCCC(Br)=C2c1ccc(CC2CN(CCC(F)(F)F)C2)cc1. The van der Waals surface area contributed by atoms with Crippen LogP contribution in [0.1, 0.15) is 51.9 Å². The molecule has 4 rings (SSSR count). The summed E-state index contributed by atoms with van der Waals surface area (Å²) in [6, 6.07) is 14.2. The van der Waals surface area contributed by atoms with Gasteiger partial charge in [0.1, 0.15) is 0 Å². The third-order valence-corrected chi connectivity index (χ3v) is 7.21. The number of alkyl halides is 3. The van der Waals surface area contributed by atoms with Crippen LogP contribution in [-0.4, -0.2) is 43.8 Å². The second-order valence-electron chi connectivity index (χ2n) is 8.89. The Kier molecular flexibility index (Phi) is 7.29. The topological polar surface area (TPSA) is 29.5 Å². The van der Waals surface area contributed by atoms with Crippen LogP contribution >= 0.6 is 15.9 Å². The molecule has 0 aromatic heterocycles. The molecule has 0 atom stereocenters. The molecule has 1 aliphatic heterocycles. The third kappa shape index (κ3) is 5.87. The van der Waals surface area contributed by atoms with Crippen LogP contribution in [0.3, 0.4) is 0 Å². The Morgan fingerprint density at radius 3 is 2.52 bits per heavy atom. The number of carbonyl (C=O) groups is 1. The molecule has 2 aliphatic rings. The van der Waals surface area contributed by atoms with Gasteiger partial charge in [-0.1, -0.05) is 46.3 Å². The summed E-state index contributed by atoms with van der Waals surface area (Å²) in [5.41, 5.74) is 6.28. The first-order chi connectivity index (χ1) is 15.7. The minimum Gasteiger partial charge on any atom is -0.465 e. The van der Waals surface area contributed by atoms with Crippen molar-refractivity contribution >= 4 is 27.5 Å². The molecule has 0 bridgehead atoms. The first-order valence-electron chi connectivity index (χ1n) is 11.2. The Bertz CT molecular complexity index is 1040. The van der Waals surface area contributed by atoms with Gasteiger partial charge in [0, 0.05) is 24.1 Å². The summed E-state index contributed by atoms with van der Waals surface area (Å²) >= 11 is 3.79. The number of hydrogen-bond acceptors (Lipinski definition) is 3. The van der Waals surface area contributed by atoms with Crippen molar-refractivity contribution in [3.63, 3.8) is 0 Å². The van der Waals surface area contributed by atoms with Crippen molar-refractivity contribution in [3.05, 3.63) is 74.8 Å². The number of halogens is 4. The van der Waals surface area contributed by atoms with Crippen molar-refractivity contribution in [1.82, 2.24) is 4.90 Å². The van der Waals surface area contributed by atoms with Crippen molar-refractivity contribution < 1.29 is 22.7 Å². The molecule has 176 valence electrons. The highest BCUT2D eigenvalue weighted by atomic mass is 79.9. The molecule has 33 heavy (non-hydrogen) atoms. The molecular weight excluding hydrogens is 495 g/mol. The largest absolute Gasteiger partial charge is 0.465 e. The number of nitrogens with zero attached hydrogens (tertiary/aromatic N) is 1. The number of allylic oxidation sites excluding steroid dienone is 1. The normalized spacial score (nSPS) is 17.4. The zero-order chi connectivity index (χ0) is 23.6. The van der Waals surface area contributed by atoms with Crippen LogP contribution in [0.2, 0.25) is 0 Å². The average Bonchev–Trinajstić information content (AvgIpc) is 2.92. The number of hydrogen-bond donors (Lipinski definition) is 0. The van der Waals surface area contributed by atoms with Gasteiger partial charge in [-0.3, -0.25) is 0 Å². The monoisotopic (exact) mass is 521 g/mol. The maximum Gasteiger partial charge on any atom is 0.390 e. The second kappa shape index (κ2) is 10.0. The van der Waals surface area contributed by atoms with Crippen LogP contribution in [0.25, 0.3) is 5.57 Å². The lowest BCUT2D eigenvalue weighted by atomic mass is 9.89. The van der Waals surface area contributed by atoms with Gasteiger partial charge < -0.3 is 9.64 Å². The van der Waals surface area contributed by atoms with Crippen molar-refractivity contribution in [2.75, 3.05) is 26.7 Å². The molecule has 0 saturated carbocycles. The number of rotatable bonds is 6. The summed E-state index contributed by atoms with van der Waals surface area (Å²) in [7, 11) is 1.39. The summed E-state index contributed by atoms with van der Waals surface area (Å²) in [5, 5.41) is 0. The predicted molar refractivity (Wildman–Crippen MR) is 126 cm³/mol. The molecule has 7 heteroatoms. The van der Waals surface area contributed by atoms with E-state index in [0.29, 0.717) is 11.5 Å². The van der Waals surface area contributed by atoms with E-state index in [-0.39, 0.29) is 12.5 Å². The fourth-order valence-electron chi connectivity index (χ4n) is 4.72. The van der Waals surface area contributed by atoms with E-state index < -0.39 is 12.6 Å². The maximum atomic E-state index is 12.4. The zero-order valence-corrected chi connectivity index (χ0v) is 20.1. The standard InChI is InChI=1S/C26H27BrF3NO2/c1-33-25(32)21-9-10-22-20(14-21)3-2-4-23(27)24(22)19-7-5-17(6-8-19)13-18-15-31(16-18)12-11-26(28,29)30/h5-10,14,18H,2-4,11-13,15-16H2,1H3. The molecule has 1 heterocycles. The van der Waals surface area contributed by atoms with Gasteiger partial charge in [0.15, 0.2) is 0 Å². The average molecular weight is 522 g/mol. The second-order valence-corrected chi connectivity index (χ2v) is 9.85. The van der Waals surface area contributed by atoms with Crippen LogP contribution < -0.4 is 0 Å². The fourth-order valence-corrected chi connectivity index (χ4v) is 5.44. The number of esters is 1. The number of aryl methyl sites for hydroxylation is 1. The Morgan fingerprint density at radius 2 is 1.85 bits per heavy atom. The van der Waals surface area contributed by atoms with E-state index in [0.717, 1.165) is 65.5 Å². The summed E-state index contributed by atoms with van der Waals surface area (Å²) in [5.74, 6) is 0.0781. The van der Waals surface area contributed by atoms with E-state index in [4.69, 9.17) is 4.74 Å². The number of fused-ring (bicyclic) bond motifs is 1. The molecule has 2 aromatic carbocycles. The van der Waals surface area contributed by atoms with Gasteiger partial charge >= 0.3 is 12.1 Å². The number of likely N-dealkylation sites (tertiary alicyclic amines) is 1. The minimum absolute atomic E-state index is 0.0955. The number of ether oxygens (including phenoxy) is 1. The van der Waals surface area contributed by atoms with E-state index in [9.17, 15) is 18.0 Å². The van der Waals surface area contributed by atoms with Crippen molar-refractivity contribution in [2.45, 2.75) is 38.3 Å². The van der Waals surface area contributed by atoms with Crippen LogP contribution in [0, 0.1) is 5.92 Å². The van der Waals surface area contributed by atoms with E-state index in [1.165, 1.54) is 12.7 Å². The number of carbonyl (C=O) groups excluding carboxylic acids is 1. The molecule has 1 saturated heterocycles. The Morgan fingerprint density at radius 1 is 1.12 bits per heavy atom. The van der Waals surface area contributed by atoms with Crippen molar-refractivity contribution in [1.29, 1.82) is 0 Å². The molecular formula is C26H27BrF3NO2. The summed E-state index contributed by atoms with van der Waals surface area (Å²) in [6.45, 7) is 1.55. The minimum atomic E-state index is -4.08.